The third kappa shape index (κ3) is 2.60. The Morgan fingerprint density at radius 2 is 2.10 bits per heavy atom. The maximum Gasteiger partial charge on any atom is 0.129 e. The minimum absolute atomic E-state index is 0.426. The van der Waals surface area contributed by atoms with E-state index in [1.807, 2.05) is 0 Å². The summed E-state index contributed by atoms with van der Waals surface area (Å²) in [6.07, 6.45) is 3.45. The fourth-order valence-electron chi connectivity index (χ4n) is 0.631. The summed E-state index contributed by atoms with van der Waals surface area (Å²) >= 11 is 0. The van der Waals surface area contributed by atoms with Crippen LogP contribution in [0.3, 0.4) is 0 Å². The molecule has 0 rings (SSSR count). The van der Waals surface area contributed by atoms with Crippen molar-refractivity contribution in [2.24, 2.45) is 5.92 Å². The lowest BCUT2D eigenvalue weighted by Crippen LogP contribution is -2.18. The molecule has 0 heterocycles. The summed E-state index contributed by atoms with van der Waals surface area (Å²) in [6.45, 7) is 6.85. The van der Waals surface area contributed by atoms with Crippen LogP contribution in [0.4, 0.5) is 0 Å². The van der Waals surface area contributed by atoms with Crippen LogP contribution < -0.4 is 0 Å². The molecule has 2 atom stereocenters. The van der Waals surface area contributed by atoms with Crippen molar-refractivity contribution in [3.63, 3.8) is 0 Å². The van der Waals surface area contributed by atoms with Crippen LogP contribution in [0.1, 0.15) is 6.42 Å². The molecule has 0 unspecified atom stereocenters. The zero-order valence-electron chi connectivity index (χ0n) is 5.86. The number of aldehydes is 1. The topological polar surface area (TPSA) is 37.3 Å². The van der Waals surface area contributed by atoms with Crippen LogP contribution in [-0.2, 0) is 4.79 Å². The molecule has 0 radical (unpaired) electrons. The minimum Gasteiger partial charge on any atom is -0.392 e. The molecule has 56 valence electrons. The molecule has 0 amide bonds. The first kappa shape index (κ1) is 9.11. The second-order valence-corrected chi connectivity index (χ2v) is 2.04. The standard InChI is InChI=1S/C8H12O2/c1-3-5-8(10)7(4-2)6-9/h3-4,6-8,10H,1-2,5H2/t7-,8-/m0/s1. The van der Waals surface area contributed by atoms with Gasteiger partial charge < -0.3 is 9.90 Å². The minimum atomic E-state index is -0.660. The van der Waals surface area contributed by atoms with E-state index in [4.69, 9.17) is 5.11 Å². The molecule has 0 saturated heterocycles. The number of aliphatic hydroxyl groups excluding tert-OH is 1. The molecule has 0 bridgehead atoms. The van der Waals surface area contributed by atoms with Gasteiger partial charge in [0.2, 0.25) is 0 Å². The highest BCUT2D eigenvalue weighted by Gasteiger charge is 2.11. The quantitative estimate of drug-likeness (QED) is 0.455. The van der Waals surface area contributed by atoms with Crippen molar-refractivity contribution in [1.82, 2.24) is 0 Å². The Bertz CT molecular complexity index is 121. The van der Waals surface area contributed by atoms with Crippen LogP contribution in [0, 0.1) is 5.92 Å². The highest BCUT2D eigenvalue weighted by atomic mass is 16.3. The molecule has 2 heteroatoms. The molecular weight excluding hydrogens is 128 g/mol. The first-order valence-corrected chi connectivity index (χ1v) is 3.13. The Morgan fingerprint density at radius 1 is 1.50 bits per heavy atom. The molecule has 2 nitrogen and oxygen atoms in total. The summed E-state index contributed by atoms with van der Waals surface area (Å²) in [4.78, 5) is 10.2. The Kier molecular flexibility index (Phi) is 4.50. The van der Waals surface area contributed by atoms with Crippen LogP contribution >= 0.6 is 0 Å². The van der Waals surface area contributed by atoms with E-state index < -0.39 is 12.0 Å². The van der Waals surface area contributed by atoms with Crippen LogP contribution in [0.25, 0.3) is 0 Å². The van der Waals surface area contributed by atoms with Crippen molar-refractivity contribution < 1.29 is 9.90 Å². The fourth-order valence-corrected chi connectivity index (χ4v) is 0.631. The second-order valence-electron chi connectivity index (χ2n) is 2.04. The molecule has 1 N–H and O–H groups in total. The number of rotatable bonds is 5. The van der Waals surface area contributed by atoms with Crippen molar-refractivity contribution in [2.75, 3.05) is 0 Å². The molecule has 0 aliphatic heterocycles. The Labute approximate surface area is 60.9 Å². The number of aliphatic hydroxyl groups is 1. The van der Waals surface area contributed by atoms with E-state index in [1.165, 1.54) is 6.08 Å². The summed E-state index contributed by atoms with van der Waals surface area (Å²) in [5.74, 6) is -0.460. The van der Waals surface area contributed by atoms with Crippen molar-refractivity contribution >= 4 is 6.29 Å². The smallest absolute Gasteiger partial charge is 0.129 e. The van der Waals surface area contributed by atoms with E-state index in [0.717, 1.165) is 0 Å². The third-order valence-electron chi connectivity index (χ3n) is 1.28. The fraction of sp³-hybridized carbons (Fsp3) is 0.375. The lowest BCUT2D eigenvalue weighted by molar-refractivity contribution is -0.112. The molecule has 10 heavy (non-hydrogen) atoms. The molecule has 0 spiro atoms. The summed E-state index contributed by atoms with van der Waals surface area (Å²) in [6, 6.07) is 0. The highest BCUT2D eigenvalue weighted by molar-refractivity contribution is 5.57. The van der Waals surface area contributed by atoms with Gasteiger partial charge in [-0.1, -0.05) is 12.2 Å². The number of hydrogen-bond acceptors (Lipinski definition) is 2. The first-order chi connectivity index (χ1) is 4.76. The van der Waals surface area contributed by atoms with Crippen LogP contribution in [0.15, 0.2) is 25.3 Å². The van der Waals surface area contributed by atoms with Gasteiger partial charge in [0, 0.05) is 0 Å². The number of carbonyl (C=O) groups is 1. The second kappa shape index (κ2) is 4.94. The molecule has 0 aromatic rings. The third-order valence-corrected chi connectivity index (χ3v) is 1.28. The largest absolute Gasteiger partial charge is 0.392 e. The van der Waals surface area contributed by atoms with Gasteiger partial charge in [0.15, 0.2) is 0 Å². The van der Waals surface area contributed by atoms with Gasteiger partial charge in [-0.3, -0.25) is 0 Å². The van der Waals surface area contributed by atoms with Gasteiger partial charge in [-0.05, 0) is 6.42 Å². The van der Waals surface area contributed by atoms with Crippen molar-refractivity contribution in [3.05, 3.63) is 25.3 Å². The summed E-state index contributed by atoms with van der Waals surface area (Å²) in [7, 11) is 0. The van der Waals surface area contributed by atoms with Gasteiger partial charge in [0.05, 0.1) is 12.0 Å². The van der Waals surface area contributed by atoms with Crippen LogP contribution in [-0.4, -0.2) is 17.5 Å². The Balaban J connectivity index is 3.86. The van der Waals surface area contributed by atoms with Crippen molar-refractivity contribution in [1.29, 1.82) is 0 Å². The highest BCUT2D eigenvalue weighted by Crippen LogP contribution is 2.05. The van der Waals surface area contributed by atoms with Crippen molar-refractivity contribution in [2.45, 2.75) is 12.5 Å². The molecular formula is C8H12O2. The van der Waals surface area contributed by atoms with Gasteiger partial charge in [0.25, 0.3) is 0 Å². The average molecular weight is 140 g/mol. The lowest BCUT2D eigenvalue weighted by Gasteiger charge is -2.10. The van der Waals surface area contributed by atoms with Gasteiger partial charge in [-0.25, -0.2) is 0 Å². The van der Waals surface area contributed by atoms with Crippen molar-refractivity contribution in [3.8, 4) is 0 Å². The maximum atomic E-state index is 10.2. The maximum absolute atomic E-state index is 10.2. The summed E-state index contributed by atoms with van der Waals surface area (Å²) < 4.78 is 0. The van der Waals surface area contributed by atoms with Crippen LogP contribution in [0.2, 0.25) is 0 Å². The predicted molar refractivity (Wildman–Crippen MR) is 40.6 cm³/mol. The van der Waals surface area contributed by atoms with E-state index in [1.54, 1.807) is 6.08 Å². The van der Waals surface area contributed by atoms with E-state index in [-0.39, 0.29) is 0 Å². The van der Waals surface area contributed by atoms with Gasteiger partial charge in [-0.2, -0.15) is 0 Å². The lowest BCUT2D eigenvalue weighted by atomic mass is 10.0. The van der Waals surface area contributed by atoms with E-state index in [0.29, 0.717) is 12.7 Å². The zero-order valence-corrected chi connectivity index (χ0v) is 5.86. The Morgan fingerprint density at radius 3 is 2.40 bits per heavy atom. The zero-order chi connectivity index (χ0) is 7.98. The van der Waals surface area contributed by atoms with E-state index in [2.05, 4.69) is 13.2 Å². The molecule has 0 aliphatic rings. The average Bonchev–Trinajstić information content (AvgIpc) is 1.91. The van der Waals surface area contributed by atoms with Gasteiger partial charge in [0.1, 0.15) is 6.29 Å². The first-order valence-electron chi connectivity index (χ1n) is 3.13. The summed E-state index contributed by atoms with van der Waals surface area (Å²) in [5, 5.41) is 9.14. The van der Waals surface area contributed by atoms with Gasteiger partial charge >= 0.3 is 0 Å². The molecule has 0 aliphatic carbocycles. The SMILES string of the molecule is C=CC[C@H](O)[C@@H](C=C)C=O. The van der Waals surface area contributed by atoms with E-state index in [9.17, 15) is 4.79 Å². The van der Waals surface area contributed by atoms with Crippen LogP contribution in [0.5, 0.6) is 0 Å². The monoisotopic (exact) mass is 140 g/mol. The molecule has 0 fully saturated rings. The number of hydrogen-bond donors (Lipinski definition) is 1. The predicted octanol–water partition coefficient (Wildman–Crippen LogP) is 0.924. The summed E-state index contributed by atoms with van der Waals surface area (Å²) in [5.41, 5.74) is 0. The Hall–Kier alpha value is -0.890. The number of carbonyl (C=O) groups excluding carboxylic acids is 1. The van der Waals surface area contributed by atoms with E-state index >= 15 is 0 Å². The molecule has 0 aromatic heterocycles. The van der Waals surface area contributed by atoms with Gasteiger partial charge in [-0.15, -0.1) is 13.2 Å². The normalized spacial score (nSPS) is 15.3. The molecule has 0 saturated carbocycles. The molecule has 0 aromatic carbocycles.